The zero-order valence-corrected chi connectivity index (χ0v) is 12.5. The summed E-state index contributed by atoms with van der Waals surface area (Å²) >= 11 is 0. The summed E-state index contributed by atoms with van der Waals surface area (Å²) in [5.41, 5.74) is 7.17. The number of methoxy groups -OCH3 is 1. The Bertz CT molecular complexity index is 537. The molecular weight excluding hydrogens is 252 g/mol. The van der Waals surface area contributed by atoms with Crippen molar-refractivity contribution in [3.05, 3.63) is 29.3 Å². The third kappa shape index (κ3) is 3.83. The van der Waals surface area contributed by atoms with E-state index in [4.69, 9.17) is 10.5 Å². The molecule has 1 aromatic carbocycles. The quantitative estimate of drug-likeness (QED) is 0.826. The molecule has 0 aliphatic heterocycles. The van der Waals surface area contributed by atoms with Gasteiger partial charge in [-0.3, -0.25) is 4.79 Å². The Morgan fingerprint density at radius 1 is 1.50 bits per heavy atom. The van der Waals surface area contributed by atoms with E-state index in [2.05, 4.69) is 17.2 Å². The minimum atomic E-state index is -0.825. The normalized spacial score (nSPS) is 13.1. The molecule has 0 aromatic heterocycles. The lowest BCUT2D eigenvalue weighted by molar-refractivity contribution is -0.136. The first-order chi connectivity index (χ1) is 9.46. The van der Waals surface area contributed by atoms with E-state index in [1.54, 1.807) is 6.92 Å². The van der Waals surface area contributed by atoms with Gasteiger partial charge in [-0.25, -0.2) is 0 Å². The molecule has 0 spiro atoms. The van der Waals surface area contributed by atoms with Crippen LogP contribution < -0.4 is 11.1 Å². The number of amides is 1. The van der Waals surface area contributed by atoms with E-state index in [0.29, 0.717) is 18.7 Å². The van der Waals surface area contributed by atoms with Crippen molar-refractivity contribution in [2.75, 3.05) is 19.0 Å². The van der Waals surface area contributed by atoms with Crippen LogP contribution in [0.3, 0.4) is 0 Å². The van der Waals surface area contributed by atoms with E-state index in [0.717, 1.165) is 11.1 Å². The van der Waals surface area contributed by atoms with E-state index >= 15 is 0 Å². The number of hydrogen-bond acceptors (Lipinski definition) is 3. The van der Waals surface area contributed by atoms with Crippen molar-refractivity contribution in [1.82, 2.24) is 0 Å². The molecular formula is C16H22N2O2. The lowest BCUT2D eigenvalue weighted by Crippen LogP contribution is -2.41. The number of carbonyl (C=O) groups is 1. The highest BCUT2D eigenvalue weighted by atomic mass is 16.5. The van der Waals surface area contributed by atoms with Crippen LogP contribution in [0.15, 0.2) is 18.2 Å². The molecule has 20 heavy (non-hydrogen) atoms. The molecule has 4 nitrogen and oxygen atoms in total. The molecule has 4 heteroatoms. The molecule has 3 N–H and O–H groups in total. The summed E-state index contributed by atoms with van der Waals surface area (Å²) in [5, 5.41) is 2.87. The second-order valence-corrected chi connectivity index (χ2v) is 4.78. The van der Waals surface area contributed by atoms with Gasteiger partial charge in [0.05, 0.1) is 6.54 Å². The van der Waals surface area contributed by atoms with Gasteiger partial charge in [0.25, 0.3) is 5.91 Å². The fourth-order valence-corrected chi connectivity index (χ4v) is 1.64. The van der Waals surface area contributed by atoms with Gasteiger partial charge in [-0.15, -0.1) is 0 Å². The minimum absolute atomic E-state index is 0.163. The summed E-state index contributed by atoms with van der Waals surface area (Å²) in [7, 11) is 1.54. The van der Waals surface area contributed by atoms with E-state index in [1.807, 2.05) is 32.0 Å². The Hall–Kier alpha value is -1.83. The lowest BCUT2D eigenvalue weighted by atomic mass is 10.0. The summed E-state index contributed by atoms with van der Waals surface area (Å²) in [6.45, 7) is 5.97. The zero-order chi connectivity index (χ0) is 15.2. The van der Waals surface area contributed by atoms with Crippen molar-refractivity contribution < 1.29 is 9.53 Å². The van der Waals surface area contributed by atoms with Crippen LogP contribution in [-0.2, 0) is 9.53 Å². The predicted molar refractivity (Wildman–Crippen MR) is 81.4 cm³/mol. The van der Waals surface area contributed by atoms with Crippen molar-refractivity contribution >= 4 is 11.6 Å². The molecule has 1 atom stereocenters. The summed E-state index contributed by atoms with van der Waals surface area (Å²) in [5.74, 6) is 5.65. The Kier molecular flexibility index (Phi) is 5.75. The van der Waals surface area contributed by atoms with Crippen LogP contribution in [0.5, 0.6) is 0 Å². The molecule has 0 radical (unpaired) electrons. The maximum Gasteiger partial charge on any atom is 0.256 e. The molecule has 0 saturated carbocycles. The second kappa shape index (κ2) is 7.09. The lowest BCUT2D eigenvalue weighted by Gasteiger charge is -2.25. The zero-order valence-electron chi connectivity index (χ0n) is 12.5. The SMILES string of the molecule is CCC(C)(OC)C(=O)Nc1ccc(C)c(C#CCN)c1. The van der Waals surface area contributed by atoms with Gasteiger partial charge in [-0.1, -0.05) is 24.8 Å². The number of rotatable bonds is 4. The van der Waals surface area contributed by atoms with Gasteiger partial charge in [0, 0.05) is 18.4 Å². The Labute approximate surface area is 120 Å². The number of ether oxygens (including phenoxy) is 1. The summed E-state index contributed by atoms with van der Waals surface area (Å²) in [6, 6.07) is 5.63. The molecule has 1 rings (SSSR count). The third-order valence-corrected chi connectivity index (χ3v) is 3.43. The topological polar surface area (TPSA) is 64.3 Å². The van der Waals surface area contributed by atoms with Crippen molar-refractivity contribution in [3.8, 4) is 11.8 Å². The maximum absolute atomic E-state index is 12.2. The van der Waals surface area contributed by atoms with Crippen LogP contribution in [0, 0.1) is 18.8 Å². The molecule has 0 heterocycles. The van der Waals surface area contributed by atoms with Crippen LogP contribution >= 0.6 is 0 Å². The molecule has 1 unspecified atom stereocenters. The van der Waals surface area contributed by atoms with E-state index < -0.39 is 5.60 Å². The number of aryl methyl sites for hydroxylation is 1. The number of benzene rings is 1. The van der Waals surface area contributed by atoms with Gasteiger partial charge in [-0.2, -0.15) is 0 Å². The molecule has 0 saturated heterocycles. The summed E-state index contributed by atoms with van der Waals surface area (Å²) in [6.07, 6.45) is 0.598. The van der Waals surface area contributed by atoms with E-state index in [-0.39, 0.29) is 5.91 Å². The highest BCUT2D eigenvalue weighted by Crippen LogP contribution is 2.19. The minimum Gasteiger partial charge on any atom is -0.369 e. The molecule has 1 amide bonds. The van der Waals surface area contributed by atoms with Crippen molar-refractivity contribution in [1.29, 1.82) is 0 Å². The summed E-state index contributed by atoms with van der Waals surface area (Å²) < 4.78 is 5.28. The van der Waals surface area contributed by atoms with Crippen molar-refractivity contribution in [3.63, 3.8) is 0 Å². The molecule has 0 bridgehead atoms. The van der Waals surface area contributed by atoms with Gasteiger partial charge in [0.1, 0.15) is 5.60 Å². The van der Waals surface area contributed by atoms with Gasteiger partial charge in [0.15, 0.2) is 0 Å². The van der Waals surface area contributed by atoms with E-state index in [9.17, 15) is 4.79 Å². The first kappa shape index (κ1) is 16.2. The number of anilines is 1. The van der Waals surface area contributed by atoms with Crippen LogP contribution in [0.25, 0.3) is 0 Å². The van der Waals surface area contributed by atoms with Gasteiger partial charge >= 0.3 is 0 Å². The Balaban J connectivity index is 2.96. The maximum atomic E-state index is 12.2. The highest BCUT2D eigenvalue weighted by Gasteiger charge is 2.30. The molecule has 0 aliphatic rings. The van der Waals surface area contributed by atoms with Crippen LogP contribution in [0.2, 0.25) is 0 Å². The highest BCUT2D eigenvalue weighted by molar-refractivity contribution is 5.97. The largest absolute Gasteiger partial charge is 0.369 e. The molecule has 0 fully saturated rings. The first-order valence-corrected chi connectivity index (χ1v) is 6.63. The fourth-order valence-electron chi connectivity index (χ4n) is 1.64. The van der Waals surface area contributed by atoms with Crippen molar-refractivity contribution in [2.45, 2.75) is 32.8 Å². The predicted octanol–water partition coefficient (Wildman–Crippen LogP) is 2.06. The standard InChI is InChI=1S/C16H22N2O2/c1-5-16(3,20-4)15(19)18-14-9-8-12(2)13(11-14)7-6-10-17/h8-9,11H,5,10,17H2,1-4H3,(H,18,19). The van der Waals surface area contributed by atoms with Crippen LogP contribution in [0.1, 0.15) is 31.4 Å². The molecule has 0 aliphatic carbocycles. The monoisotopic (exact) mass is 274 g/mol. The number of carbonyl (C=O) groups excluding carboxylic acids is 1. The Morgan fingerprint density at radius 3 is 2.75 bits per heavy atom. The number of hydrogen-bond donors (Lipinski definition) is 2. The first-order valence-electron chi connectivity index (χ1n) is 6.63. The molecule has 1 aromatic rings. The van der Waals surface area contributed by atoms with Crippen LogP contribution in [-0.4, -0.2) is 25.2 Å². The Morgan fingerprint density at radius 2 is 2.20 bits per heavy atom. The fraction of sp³-hybridized carbons (Fsp3) is 0.438. The van der Waals surface area contributed by atoms with Crippen LogP contribution in [0.4, 0.5) is 5.69 Å². The van der Waals surface area contributed by atoms with Gasteiger partial charge in [0.2, 0.25) is 0 Å². The second-order valence-electron chi connectivity index (χ2n) is 4.78. The molecule has 108 valence electrons. The number of nitrogens with one attached hydrogen (secondary N) is 1. The smallest absolute Gasteiger partial charge is 0.256 e. The summed E-state index contributed by atoms with van der Waals surface area (Å²) in [4.78, 5) is 12.2. The van der Waals surface area contributed by atoms with Crippen molar-refractivity contribution in [2.24, 2.45) is 5.73 Å². The average molecular weight is 274 g/mol. The third-order valence-electron chi connectivity index (χ3n) is 3.43. The van der Waals surface area contributed by atoms with E-state index in [1.165, 1.54) is 7.11 Å². The number of nitrogens with two attached hydrogens (primary N) is 1. The van der Waals surface area contributed by atoms with Gasteiger partial charge < -0.3 is 15.8 Å². The van der Waals surface area contributed by atoms with Gasteiger partial charge in [-0.05, 0) is 38.0 Å². The average Bonchev–Trinajstić information content (AvgIpc) is 2.46.